The molecule has 1 rings (SSSR count). The lowest BCUT2D eigenvalue weighted by molar-refractivity contribution is -0.220. The first-order valence-corrected chi connectivity index (χ1v) is 26.6. The number of esters is 2. The van der Waals surface area contributed by atoms with Crippen molar-refractivity contribution < 1.29 is 63.1 Å². The highest BCUT2D eigenvalue weighted by Crippen LogP contribution is 2.47. The summed E-state index contributed by atoms with van der Waals surface area (Å²) in [4.78, 5) is 35.8. The van der Waals surface area contributed by atoms with E-state index in [-0.39, 0.29) is 12.8 Å². The van der Waals surface area contributed by atoms with Gasteiger partial charge >= 0.3 is 19.8 Å². The van der Waals surface area contributed by atoms with Gasteiger partial charge in [-0.05, 0) is 83.5 Å². The zero-order chi connectivity index (χ0) is 47.8. The van der Waals surface area contributed by atoms with Gasteiger partial charge in [-0.2, -0.15) is 0 Å². The maximum Gasteiger partial charge on any atom is 0.472 e. The average molecular weight is 941 g/mol. The topological polar surface area (TPSA) is 210 Å². The van der Waals surface area contributed by atoms with Crippen LogP contribution in [-0.2, 0) is 32.7 Å². The van der Waals surface area contributed by atoms with Crippen molar-refractivity contribution in [2.45, 2.75) is 236 Å². The summed E-state index contributed by atoms with van der Waals surface area (Å²) in [5.74, 6) is -1.14. The molecule has 0 aromatic heterocycles. The van der Waals surface area contributed by atoms with Crippen LogP contribution in [0.25, 0.3) is 0 Å². The first-order chi connectivity index (χ1) is 31.4. The molecule has 0 aromatic rings. The number of ether oxygens (including phenoxy) is 2. The molecule has 0 aromatic carbocycles. The van der Waals surface area contributed by atoms with Crippen LogP contribution in [0.2, 0.25) is 0 Å². The second kappa shape index (κ2) is 40.6. The number of hydrogen-bond acceptors (Lipinski definition) is 12. The highest BCUT2D eigenvalue weighted by atomic mass is 31.2. The van der Waals surface area contributed by atoms with Crippen molar-refractivity contribution in [3.05, 3.63) is 60.8 Å². The monoisotopic (exact) mass is 941 g/mol. The molecule has 0 heterocycles. The molecule has 0 bridgehead atoms. The normalized spacial score (nSPS) is 21.9. The van der Waals surface area contributed by atoms with Crippen LogP contribution in [0.4, 0.5) is 0 Å². The maximum absolute atomic E-state index is 12.8. The second-order valence-electron chi connectivity index (χ2n) is 17.3. The van der Waals surface area contributed by atoms with Crippen LogP contribution < -0.4 is 0 Å². The van der Waals surface area contributed by atoms with Crippen molar-refractivity contribution in [3.8, 4) is 0 Å². The van der Waals surface area contributed by atoms with Crippen LogP contribution in [0.5, 0.6) is 0 Å². The zero-order valence-corrected chi connectivity index (χ0v) is 40.9. The van der Waals surface area contributed by atoms with Crippen LogP contribution in [0, 0.1) is 0 Å². The van der Waals surface area contributed by atoms with E-state index in [1.54, 1.807) is 0 Å². The number of carbonyl (C=O) groups is 2. The molecule has 0 saturated heterocycles. The van der Waals surface area contributed by atoms with Crippen molar-refractivity contribution in [1.29, 1.82) is 0 Å². The highest BCUT2D eigenvalue weighted by molar-refractivity contribution is 7.47. The molecule has 0 amide bonds. The van der Waals surface area contributed by atoms with E-state index >= 15 is 0 Å². The summed E-state index contributed by atoms with van der Waals surface area (Å²) in [5.41, 5.74) is 0. The van der Waals surface area contributed by atoms with Gasteiger partial charge in [0.1, 0.15) is 43.2 Å². The highest BCUT2D eigenvalue weighted by Gasteiger charge is 2.51. The van der Waals surface area contributed by atoms with Gasteiger partial charge in [-0.3, -0.25) is 18.6 Å². The molecule has 0 spiro atoms. The molecule has 0 radical (unpaired) electrons. The fourth-order valence-electron chi connectivity index (χ4n) is 7.26. The van der Waals surface area contributed by atoms with Crippen LogP contribution in [-0.4, -0.2) is 98.3 Å². The van der Waals surface area contributed by atoms with E-state index in [4.69, 9.17) is 18.5 Å². The Balaban J connectivity index is 2.46. The third-order valence-corrected chi connectivity index (χ3v) is 12.3. The van der Waals surface area contributed by atoms with E-state index < -0.39 is 75.7 Å². The van der Waals surface area contributed by atoms with E-state index in [1.807, 2.05) is 0 Å². The Morgan fingerprint density at radius 3 is 1.32 bits per heavy atom. The Bertz CT molecular complexity index is 1370. The fourth-order valence-corrected chi connectivity index (χ4v) is 8.24. The lowest BCUT2D eigenvalue weighted by Gasteiger charge is -2.41. The van der Waals surface area contributed by atoms with Gasteiger partial charge in [0, 0.05) is 12.8 Å². The minimum Gasteiger partial charge on any atom is -0.462 e. The molecule has 8 atom stereocenters. The Hall–Kier alpha value is -2.45. The summed E-state index contributed by atoms with van der Waals surface area (Å²) in [6.45, 7) is 3.25. The number of phosphoric acid groups is 1. The Labute approximate surface area is 392 Å². The number of allylic oxidation sites excluding steroid dienone is 10. The molecule has 6 unspecified atom stereocenters. The Morgan fingerprint density at radius 1 is 0.477 bits per heavy atom. The first kappa shape index (κ1) is 60.6. The number of rotatable bonds is 41. The van der Waals surface area contributed by atoms with Gasteiger partial charge in [-0.1, -0.05) is 158 Å². The van der Waals surface area contributed by atoms with Gasteiger partial charge in [0.2, 0.25) is 0 Å². The van der Waals surface area contributed by atoms with Gasteiger partial charge in [-0.15, -0.1) is 0 Å². The van der Waals surface area contributed by atoms with Gasteiger partial charge < -0.3 is 39.9 Å². The number of unbranched alkanes of at least 4 members (excludes halogenated alkanes) is 19. The molecular weight excluding hydrogens is 852 g/mol. The van der Waals surface area contributed by atoms with E-state index in [0.717, 1.165) is 77.0 Å². The number of aliphatic hydroxyl groups is 5. The molecule has 14 heteroatoms. The van der Waals surface area contributed by atoms with Crippen molar-refractivity contribution in [2.75, 3.05) is 13.2 Å². The summed E-state index contributed by atoms with van der Waals surface area (Å²) < 4.78 is 33.6. The van der Waals surface area contributed by atoms with E-state index in [0.29, 0.717) is 12.8 Å². The van der Waals surface area contributed by atoms with E-state index in [2.05, 4.69) is 74.6 Å². The lowest BCUT2D eigenvalue weighted by Crippen LogP contribution is -2.64. The maximum atomic E-state index is 12.8. The van der Waals surface area contributed by atoms with Crippen molar-refractivity contribution in [3.63, 3.8) is 0 Å². The molecule has 13 nitrogen and oxygen atoms in total. The largest absolute Gasteiger partial charge is 0.472 e. The number of carbonyl (C=O) groups excluding carboxylic acids is 2. The zero-order valence-electron chi connectivity index (χ0n) is 40.0. The third kappa shape index (κ3) is 32.8. The quantitative estimate of drug-likeness (QED) is 0.0146. The van der Waals surface area contributed by atoms with Crippen molar-refractivity contribution in [2.24, 2.45) is 0 Å². The number of aliphatic hydroxyl groups excluding tert-OH is 5. The molecule has 376 valence electrons. The smallest absolute Gasteiger partial charge is 0.462 e. The molecule has 0 aliphatic heterocycles. The predicted molar refractivity (Wildman–Crippen MR) is 258 cm³/mol. The summed E-state index contributed by atoms with van der Waals surface area (Å²) in [7, 11) is -5.13. The van der Waals surface area contributed by atoms with Crippen LogP contribution >= 0.6 is 7.82 Å². The molecule has 6 N–H and O–H groups in total. The summed E-state index contributed by atoms with van der Waals surface area (Å²) in [6, 6.07) is 0. The predicted octanol–water partition coefficient (Wildman–Crippen LogP) is 10.5. The lowest BCUT2D eigenvalue weighted by atomic mass is 9.85. The van der Waals surface area contributed by atoms with Crippen LogP contribution in [0.3, 0.4) is 0 Å². The van der Waals surface area contributed by atoms with Gasteiger partial charge in [-0.25, -0.2) is 4.57 Å². The summed E-state index contributed by atoms with van der Waals surface area (Å²) >= 11 is 0. The molecular formula is C51H89O13P. The Kier molecular flexibility index (Phi) is 37.8. The third-order valence-electron chi connectivity index (χ3n) is 11.3. The minimum absolute atomic E-state index is 0.0564. The SMILES string of the molecule is CCCCC/C=C\C/C=C\C/C=C\C/C=C\CCCCCC(=O)O[C@H](COC(=O)CCCCCCCCC/C=C\CCCCCCCC)COP(=O)(O)OC1C(O)C(O)C(O)[C@@H](O)C1O. The molecule has 1 aliphatic rings. The molecule has 1 fully saturated rings. The van der Waals surface area contributed by atoms with Gasteiger partial charge in [0.05, 0.1) is 6.61 Å². The number of hydrogen-bond donors (Lipinski definition) is 6. The molecule has 1 saturated carbocycles. The molecule has 1 aliphatic carbocycles. The van der Waals surface area contributed by atoms with Crippen molar-refractivity contribution in [1.82, 2.24) is 0 Å². The first-order valence-electron chi connectivity index (χ1n) is 25.1. The van der Waals surface area contributed by atoms with Gasteiger partial charge in [0.15, 0.2) is 6.10 Å². The summed E-state index contributed by atoms with van der Waals surface area (Å²) in [5, 5.41) is 50.2. The molecule has 65 heavy (non-hydrogen) atoms. The second-order valence-corrected chi connectivity index (χ2v) is 18.7. The van der Waals surface area contributed by atoms with Crippen LogP contribution in [0.15, 0.2) is 60.8 Å². The van der Waals surface area contributed by atoms with Gasteiger partial charge in [0.25, 0.3) is 0 Å². The number of phosphoric ester groups is 1. The Morgan fingerprint density at radius 2 is 0.831 bits per heavy atom. The van der Waals surface area contributed by atoms with Crippen molar-refractivity contribution >= 4 is 19.8 Å². The minimum atomic E-state index is -5.13. The average Bonchev–Trinajstić information content (AvgIpc) is 3.29. The summed E-state index contributed by atoms with van der Waals surface area (Å²) in [6.07, 6.45) is 36.9. The van der Waals surface area contributed by atoms with Crippen LogP contribution in [0.1, 0.15) is 194 Å². The van der Waals surface area contributed by atoms with E-state index in [9.17, 15) is 44.6 Å². The van der Waals surface area contributed by atoms with E-state index in [1.165, 1.54) is 77.0 Å². The standard InChI is InChI=1S/C51H89O13P/c1-3-5-7-9-11-13-15-17-19-21-22-24-26-28-30-32-34-36-38-40-45(53)63-43(42-62-65(59,60)64-51-49(57)47(55)46(54)48(56)50(51)58)41-61-44(52)39-37-35-33-31-29-27-25-23-20-18-16-14-12-10-8-6-4-2/h11,13,17-20,22,24,28,30,43,46-51,54-58H,3-10,12,14-16,21,23,25-27,29,31-42H2,1-2H3,(H,59,60)/b13-11-,19-17-,20-18-,24-22-,30-28-/t43-,46?,47-,48?,49?,50?,51?/m1/s1. The fraction of sp³-hybridized carbons (Fsp3) is 0.765.